The molecule has 212 valence electrons. The SMILES string of the molecule is Cc1ccc(CC2CCC(=O)[C@@H](NC(=O)C(C)C(=O)NCC(F)(F)C(F)(F)F)[C@@H](C)Oc3ccccc32)cc1. The molecule has 0 radical (unpaired) electrons. The summed E-state index contributed by atoms with van der Waals surface area (Å²) in [5.74, 6) is -9.00. The van der Waals surface area contributed by atoms with Gasteiger partial charge in [0, 0.05) is 6.42 Å². The third-order valence-electron chi connectivity index (χ3n) is 6.81. The lowest BCUT2D eigenvalue weighted by Crippen LogP contribution is -2.54. The lowest BCUT2D eigenvalue weighted by Gasteiger charge is -2.26. The number of amides is 2. The molecule has 0 spiro atoms. The third kappa shape index (κ3) is 7.54. The Hall–Kier alpha value is -3.50. The van der Waals surface area contributed by atoms with Gasteiger partial charge in [-0.3, -0.25) is 14.4 Å². The van der Waals surface area contributed by atoms with Gasteiger partial charge >= 0.3 is 12.1 Å². The molecule has 11 heteroatoms. The number of Topliss-reactive ketones (excluding diaryl/α,β-unsaturated/α-hetero) is 1. The first-order valence-corrected chi connectivity index (χ1v) is 12.6. The number of carbonyl (C=O) groups is 3. The van der Waals surface area contributed by atoms with Gasteiger partial charge in [0.05, 0.1) is 6.54 Å². The molecule has 0 saturated heterocycles. The molecule has 0 aromatic heterocycles. The molecule has 0 aliphatic carbocycles. The molecule has 1 aliphatic heterocycles. The Kier molecular flexibility index (Phi) is 9.34. The number of hydrogen-bond donors (Lipinski definition) is 2. The van der Waals surface area contributed by atoms with Gasteiger partial charge in [0.1, 0.15) is 23.8 Å². The fourth-order valence-corrected chi connectivity index (χ4v) is 4.35. The van der Waals surface area contributed by atoms with Crippen LogP contribution in [0.3, 0.4) is 0 Å². The van der Waals surface area contributed by atoms with Gasteiger partial charge in [0.2, 0.25) is 11.8 Å². The quantitative estimate of drug-likeness (QED) is 0.377. The van der Waals surface area contributed by atoms with Gasteiger partial charge < -0.3 is 15.4 Å². The van der Waals surface area contributed by atoms with Crippen LogP contribution in [0.1, 0.15) is 49.3 Å². The second-order valence-corrected chi connectivity index (χ2v) is 9.88. The number of benzene rings is 2. The molecular weight excluding hydrogens is 523 g/mol. The van der Waals surface area contributed by atoms with E-state index in [0.29, 0.717) is 18.6 Å². The highest BCUT2D eigenvalue weighted by molar-refractivity contribution is 6.01. The second kappa shape index (κ2) is 12.1. The highest BCUT2D eigenvalue weighted by Gasteiger charge is 2.57. The van der Waals surface area contributed by atoms with Gasteiger partial charge in [0.15, 0.2) is 5.78 Å². The Morgan fingerprint density at radius 2 is 1.67 bits per heavy atom. The molecule has 2 N–H and O–H groups in total. The zero-order valence-corrected chi connectivity index (χ0v) is 21.8. The molecule has 2 unspecified atom stereocenters. The Balaban J connectivity index is 1.73. The average molecular weight is 555 g/mol. The number of rotatable bonds is 7. The number of nitrogens with one attached hydrogen (secondary N) is 2. The van der Waals surface area contributed by atoms with Crippen LogP contribution < -0.4 is 15.4 Å². The van der Waals surface area contributed by atoms with E-state index in [9.17, 15) is 36.3 Å². The minimum Gasteiger partial charge on any atom is -0.488 e. The molecular formula is C28H31F5N2O4. The molecule has 4 atom stereocenters. The molecule has 2 aromatic carbocycles. The van der Waals surface area contributed by atoms with Crippen LogP contribution in [0.15, 0.2) is 48.5 Å². The number of fused-ring (bicyclic) bond motifs is 1. The minimum absolute atomic E-state index is 0.0606. The molecule has 6 nitrogen and oxygen atoms in total. The first-order chi connectivity index (χ1) is 18.2. The summed E-state index contributed by atoms with van der Waals surface area (Å²) in [5, 5.41) is 3.90. The zero-order valence-electron chi connectivity index (χ0n) is 21.8. The molecule has 1 aliphatic rings. The Bertz CT molecular complexity index is 1180. The van der Waals surface area contributed by atoms with Crippen LogP contribution in [0.4, 0.5) is 22.0 Å². The highest BCUT2D eigenvalue weighted by atomic mass is 19.4. The lowest BCUT2D eigenvalue weighted by molar-refractivity contribution is -0.278. The van der Waals surface area contributed by atoms with Crippen molar-refractivity contribution in [3.8, 4) is 5.75 Å². The van der Waals surface area contributed by atoms with E-state index in [0.717, 1.165) is 23.6 Å². The van der Waals surface area contributed by atoms with E-state index in [4.69, 9.17) is 4.74 Å². The van der Waals surface area contributed by atoms with Crippen LogP contribution in [0.25, 0.3) is 0 Å². The summed E-state index contributed by atoms with van der Waals surface area (Å²) in [7, 11) is 0. The molecule has 0 bridgehead atoms. The maximum absolute atomic E-state index is 13.2. The number of carbonyl (C=O) groups excluding carboxylic acids is 3. The van der Waals surface area contributed by atoms with Gasteiger partial charge in [-0.25, -0.2) is 0 Å². The van der Waals surface area contributed by atoms with Gasteiger partial charge in [-0.1, -0.05) is 48.0 Å². The number of halogens is 5. The first kappa shape index (κ1) is 30.0. The summed E-state index contributed by atoms with van der Waals surface area (Å²) >= 11 is 0. The van der Waals surface area contributed by atoms with E-state index >= 15 is 0 Å². The van der Waals surface area contributed by atoms with Gasteiger partial charge in [0.25, 0.3) is 0 Å². The van der Waals surface area contributed by atoms with Crippen molar-refractivity contribution in [3.05, 3.63) is 65.2 Å². The van der Waals surface area contributed by atoms with Gasteiger partial charge in [-0.05, 0) is 56.7 Å². The van der Waals surface area contributed by atoms with Crippen LogP contribution in [0.5, 0.6) is 5.75 Å². The predicted octanol–water partition coefficient (Wildman–Crippen LogP) is 4.89. The molecule has 1 heterocycles. The largest absolute Gasteiger partial charge is 0.488 e. The van der Waals surface area contributed by atoms with Crippen molar-refractivity contribution in [2.45, 2.75) is 70.2 Å². The maximum Gasteiger partial charge on any atom is 0.455 e. The molecule has 0 saturated carbocycles. The number of alkyl halides is 5. The summed E-state index contributed by atoms with van der Waals surface area (Å²) in [5.41, 5.74) is 3.11. The second-order valence-electron chi connectivity index (χ2n) is 9.88. The van der Waals surface area contributed by atoms with Crippen LogP contribution in [-0.4, -0.2) is 48.4 Å². The van der Waals surface area contributed by atoms with Crippen LogP contribution in [0.2, 0.25) is 0 Å². The molecule has 2 amide bonds. The average Bonchev–Trinajstić information content (AvgIpc) is 2.92. The van der Waals surface area contributed by atoms with Crippen molar-refractivity contribution >= 4 is 17.6 Å². The molecule has 39 heavy (non-hydrogen) atoms. The fraction of sp³-hybridized carbons (Fsp3) is 0.464. The summed E-state index contributed by atoms with van der Waals surface area (Å²) in [6, 6.07) is 14.2. The predicted molar refractivity (Wildman–Crippen MR) is 134 cm³/mol. The van der Waals surface area contributed by atoms with E-state index < -0.39 is 48.5 Å². The van der Waals surface area contributed by atoms with E-state index in [1.807, 2.05) is 43.3 Å². The molecule has 2 aromatic rings. The van der Waals surface area contributed by atoms with Crippen LogP contribution in [0, 0.1) is 12.8 Å². The van der Waals surface area contributed by atoms with Crippen LogP contribution >= 0.6 is 0 Å². The summed E-state index contributed by atoms with van der Waals surface area (Å²) in [6.45, 7) is 2.61. The number of ketones is 1. The monoisotopic (exact) mass is 554 g/mol. The Morgan fingerprint density at radius 3 is 2.31 bits per heavy atom. The number of hydrogen-bond acceptors (Lipinski definition) is 4. The van der Waals surface area contributed by atoms with Crippen molar-refractivity contribution in [1.29, 1.82) is 0 Å². The maximum atomic E-state index is 13.2. The first-order valence-electron chi connectivity index (χ1n) is 12.6. The van der Waals surface area contributed by atoms with Crippen molar-refractivity contribution < 1.29 is 41.1 Å². The Labute approximate surface area is 223 Å². The Morgan fingerprint density at radius 1 is 1.03 bits per heavy atom. The van der Waals surface area contributed by atoms with E-state index in [-0.39, 0.29) is 18.1 Å². The normalized spacial score (nSPS) is 20.9. The van der Waals surface area contributed by atoms with Crippen LogP contribution in [-0.2, 0) is 20.8 Å². The molecule has 0 fully saturated rings. The smallest absolute Gasteiger partial charge is 0.455 e. The van der Waals surface area contributed by atoms with E-state index in [2.05, 4.69) is 5.32 Å². The standard InChI is InChI=1S/C28H31F5N2O4/c1-16-8-10-19(11-9-16)14-20-12-13-22(36)24(18(3)39-23-7-5-4-6-21(20)23)35-26(38)17(2)25(37)34-15-27(29,30)28(31,32)33/h4-11,17-18,20,24H,12-15H2,1-3H3,(H,34,37)(H,35,38)/t17?,18-,20?,24+/m1/s1. The van der Waals surface area contributed by atoms with Crippen molar-refractivity contribution in [2.75, 3.05) is 6.54 Å². The van der Waals surface area contributed by atoms with E-state index in [1.165, 1.54) is 5.32 Å². The number of aryl methyl sites for hydroxylation is 1. The summed E-state index contributed by atoms with van der Waals surface area (Å²) < 4.78 is 69.6. The lowest BCUT2D eigenvalue weighted by atomic mass is 9.86. The molecule has 3 rings (SSSR count). The summed E-state index contributed by atoms with van der Waals surface area (Å²) in [6.07, 6.45) is -5.52. The van der Waals surface area contributed by atoms with Crippen molar-refractivity contribution in [3.63, 3.8) is 0 Å². The highest BCUT2D eigenvalue weighted by Crippen LogP contribution is 2.36. The van der Waals surface area contributed by atoms with Gasteiger partial charge in [-0.2, -0.15) is 22.0 Å². The number of para-hydroxylation sites is 1. The fourth-order valence-electron chi connectivity index (χ4n) is 4.35. The topological polar surface area (TPSA) is 84.5 Å². The summed E-state index contributed by atoms with van der Waals surface area (Å²) in [4.78, 5) is 38.1. The zero-order chi connectivity index (χ0) is 29.0. The van der Waals surface area contributed by atoms with Crippen molar-refractivity contribution in [1.82, 2.24) is 10.6 Å². The number of ether oxygens (including phenoxy) is 1. The van der Waals surface area contributed by atoms with Crippen molar-refractivity contribution in [2.24, 2.45) is 5.92 Å². The third-order valence-corrected chi connectivity index (χ3v) is 6.81. The minimum atomic E-state index is -5.85. The van der Waals surface area contributed by atoms with Gasteiger partial charge in [-0.15, -0.1) is 0 Å². The van der Waals surface area contributed by atoms with E-state index in [1.54, 1.807) is 19.1 Å².